The van der Waals surface area contributed by atoms with Crippen molar-refractivity contribution >= 4 is 5.91 Å². The van der Waals surface area contributed by atoms with Crippen molar-refractivity contribution in [3.63, 3.8) is 0 Å². The van der Waals surface area contributed by atoms with Gasteiger partial charge in [0.1, 0.15) is 12.4 Å². The molecule has 1 atom stereocenters. The van der Waals surface area contributed by atoms with E-state index in [-0.39, 0.29) is 5.91 Å². The highest BCUT2D eigenvalue weighted by Crippen LogP contribution is 2.26. The van der Waals surface area contributed by atoms with Crippen LogP contribution < -0.4 is 0 Å². The molecule has 0 unspecified atom stereocenters. The van der Waals surface area contributed by atoms with Crippen LogP contribution in [-0.4, -0.2) is 43.2 Å². The predicted octanol–water partition coefficient (Wildman–Crippen LogP) is 2.59. The van der Waals surface area contributed by atoms with Crippen molar-refractivity contribution in [2.45, 2.75) is 58.5 Å². The molecule has 0 bridgehead atoms. The minimum Gasteiger partial charge on any atom is -0.340 e. The van der Waals surface area contributed by atoms with Gasteiger partial charge in [-0.2, -0.15) is 5.10 Å². The van der Waals surface area contributed by atoms with Gasteiger partial charge in [-0.05, 0) is 32.3 Å². The Labute approximate surface area is 143 Å². The lowest BCUT2D eigenvalue weighted by Crippen LogP contribution is -2.41. The van der Waals surface area contributed by atoms with Gasteiger partial charge in [-0.3, -0.25) is 9.48 Å². The van der Waals surface area contributed by atoms with E-state index in [0.29, 0.717) is 12.5 Å². The molecule has 0 aliphatic carbocycles. The second-order valence-corrected chi connectivity index (χ2v) is 6.64. The monoisotopic (exact) mass is 329 g/mol. The number of aromatic nitrogens is 4. The van der Waals surface area contributed by atoms with Crippen molar-refractivity contribution < 1.29 is 4.79 Å². The molecule has 6 nitrogen and oxygen atoms in total. The van der Waals surface area contributed by atoms with Crippen LogP contribution in [0.2, 0.25) is 0 Å². The summed E-state index contributed by atoms with van der Waals surface area (Å²) in [5, 5.41) is 4.22. The van der Waals surface area contributed by atoms with Crippen LogP contribution in [0.4, 0.5) is 0 Å². The number of rotatable bonds is 6. The number of amides is 1. The van der Waals surface area contributed by atoms with Gasteiger partial charge in [0.25, 0.3) is 0 Å². The number of imidazole rings is 1. The summed E-state index contributed by atoms with van der Waals surface area (Å²) >= 11 is 0. The van der Waals surface area contributed by atoms with Gasteiger partial charge in [-0.1, -0.05) is 13.3 Å². The molecule has 0 saturated carbocycles. The quantitative estimate of drug-likeness (QED) is 0.818. The second-order valence-electron chi connectivity index (χ2n) is 6.64. The number of nitrogens with zero attached hydrogens (tertiary/aromatic N) is 5. The van der Waals surface area contributed by atoms with Gasteiger partial charge < -0.3 is 9.47 Å². The Morgan fingerprint density at radius 1 is 1.38 bits per heavy atom. The summed E-state index contributed by atoms with van der Waals surface area (Å²) in [6.07, 6.45) is 10.2. The summed E-state index contributed by atoms with van der Waals surface area (Å²) in [6.45, 7) is 7.13. The molecule has 1 aliphatic rings. The summed E-state index contributed by atoms with van der Waals surface area (Å²) < 4.78 is 4.04. The molecule has 1 fully saturated rings. The summed E-state index contributed by atoms with van der Waals surface area (Å²) in [4.78, 5) is 19.2. The van der Waals surface area contributed by atoms with E-state index in [2.05, 4.69) is 27.8 Å². The van der Waals surface area contributed by atoms with Gasteiger partial charge in [-0.15, -0.1) is 0 Å². The lowest BCUT2D eigenvalue weighted by Gasteiger charge is -2.32. The Kier molecular flexibility index (Phi) is 5.33. The number of likely N-dealkylation sites (tertiary alicyclic amines) is 1. The number of hydrogen-bond donors (Lipinski definition) is 0. The Morgan fingerprint density at radius 3 is 3.00 bits per heavy atom. The fourth-order valence-electron chi connectivity index (χ4n) is 3.41. The number of carbonyl (C=O) groups is 1. The maximum Gasteiger partial charge on any atom is 0.244 e. The normalized spacial score (nSPS) is 18.1. The van der Waals surface area contributed by atoms with Crippen molar-refractivity contribution in [3.8, 4) is 0 Å². The first-order valence-corrected chi connectivity index (χ1v) is 8.96. The fraction of sp³-hybridized carbons (Fsp3) is 0.611. The van der Waals surface area contributed by atoms with Gasteiger partial charge in [0.15, 0.2) is 0 Å². The van der Waals surface area contributed by atoms with E-state index in [1.807, 2.05) is 24.1 Å². The molecule has 1 amide bonds. The highest BCUT2D eigenvalue weighted by Gasteiger charge is 2.27. The van der Waals surface area contributed by atoms with Gasteiger partial charge in [0.2, 0.25) is 5.91 Å². The van der Waals surface area contributed by atoms with Gasteiger partial charge >= 0.3 is 0 Å². The van der Waals surface area contributed by atoms with E-state index < -0.39 is 0 Å². The molecule has 0 spiro atoms. The topological polar surface area (TPSA) is 56.0 Å². The highest BCUT2D eigenvalue weighted by atomic mass is 16.2. The smallest absolute Gasteiger partial charge is 0.244 e. The maximum atomic E-state index is 12.6. The molecule has 1 aliphatic heterocycles. The molecule has 1 saturated heterocycles. The molecule has 0 aromatic carbocycles. The highest BCUT2D eigenvalue weighted by molar-refractivity contribution is 5.76. The summed E-state index contributed by atoms with van der Waals surface area (Å²) in [6, 6.07) is 1.93. The van der Waals surface area contributed by atoms with Crippen LogP contribution >= 0.6 is 0 Å². The fourth-order valence-corrected chi connectivity index (χ4v) is 3.41. The molecule has 3 heterocycles. The molecule has 24 heavy (non-hydrogen) atoms. The van der Waals surface area contributed by atoms with E-state index in [4.69, 9.17) is 0 Å². The number of aryl methyl sites for hydroxylation is 2. The third kappa shape index (κ3) is 3.68. The minimum atomic E-state index is 0.151. The zero-order chi connectivity index (χ0) is 16.9. The van der Waals surface area contributed by atoms with Crippen molar-refractivity contribution in [2.24, 2.45) is 0 Å². The zero-order valence-corrected chi connectivity index (χ0v) is 14.7. The standard InChI is InChI=1S/C18H27N5O/c1-3-4-10-21-12-9-19-18(21)16-6-5-11-22(13-16)17(24)14-23-15(2)7-8-20-23/h7-9,12,16H,3-6,10-11,13-14H2,1-2H3/t16-/m0/s1. The Bertz CT molecular complexity index is 675. The summed E-state index contributed by atoms with van der Waals surface area (Å²) in [5.41, 5.74) is 1.02. The average molecular weight is 329 g/mol. The van der Waals surface area contributed by atoms with Gasteiger partial charge in [0, 0.05) is 49.8 Å². The van der Waals surface area contributed by atoms with Crippen LogP contribution in [0.25, 0.3) is 0 Å². The molecular weight excluding hydrogens is 302 g/mol. The third-order valence-corrected chi connectivity index (χ3v) is 4.85. The van der Waals surface area contributed by atoms with Crippen LogP contribution in [0.15, 0.2) is 24.7 Å². The predicted molar refractivity (Wildman–Crippen MR) is 92.7 cm³/mol. The first kappa shape index (κ1) is 16.7. The van der Waals surface area contributed by atoms with Gasteiger partial charge in [0.05, 0.1) is 0 Å². The first-order valence-electron chi connectivity index (χ1n) is 8.96. The molecule has 3 rings (SSSR count). The minimum absolute atomic E-state index is 0.151. The van der Waals surface area contributed by atoms with Crippen LogP contribution in [0.1, 0.15) is 50.0 Å². The van der Waals surface area contributed by atoms with Crippen molar-refractivity contribution in [2.75, 3.05) is 13.1 Å². The number of carbonyl (C=O) groups excluding carboxylic acids is 1. The van der Waals surface area contributed by atoms with Gasteiger partial charge in [-0.25, -0.2) is 4.98 Å². The average Bonchev–Trinajstić information content (AvgIpc) is 3.22. The van der Waals surface area contributed by atoms with Crippen molar-refractivity contribution in [1.29, 1.82) is 0 Å². The van der Waals surface area contributed by atoms with Crippen LogP contribution in [0, 0.1) is 6.92 Å². The van der Waals surface area contributed by atoms with Crippen LogP contribution in [0.3, 0.4) is 0 Å². The lowest BCUT2D eigenvalue weighted by molar-refractivity contribution is -0.133. The number of unbranched alkanes of at least 4 members (excludes halogenated alkanes) is 1. The maximum absolute atomic E-state index is 12.6. The number of hydrogen-bond acceptors (Lipinski definition) is 3. The number of piperidine rings is 1. The molecule has 0 radical (unpaired) electrons. The Hall–Kier alpha value is -2.11. The largest absolute Gasteiger partial charge is 0.340 e. The Morgan fingerprint density at radius 2 is 2.25 bits per heavy atom. The summed E-state index contributed by atoms with van der Waals surface area (Å²) in [5.74, 6) is 1.63. The molecular formula is C18H27N5O. The zero-order valence-electron chi connectivity index (χ0n) is 14.7. The van der Waals surface area contributed by atoms with E-state index in [0.717, 1.165) is 50.4 Å². The van der Waals surface area contributed by atoms with Crippen molar-refractivity contribution in [3.05, 3.63) is 36.2 Å². The van der Waals surface area contributed by atoms with Crippen LogP contribution in [0.5, 0.6) is 0 Å². The molecule has 2 aromatic rings. The summed E-state index contributed by atoms with van der Waals surface area (Å²) in [7, 11) is 0. The Balaban J connectivity index is 1.65. The lowest BCUT2D eigenvalue weighted by atomic mass is 9.97. The molecule has 6 heteroatoms. The molecule has 2 aromatic heterocycles. The van der Waals surface area contributed by atoms with E-state index in [9.17, 15) is 4.79 Å². The van der Waals surface area contributed by atoms with E-state index in [1.165, 1.54) is 6.42 Å². The van der Waals surface area contributed by atoms with Crippen molar-refractivity contribution in [1.82, 2.24) is 24.2 Å². The first-order chi connectivity index (χ1) is 11.7. The van der Waals surface area contributed by atoms with E-state index >= 15 is 0 Å². The van der Waals surface area contributed by atoms with Crippen LogP contribution in [-0.2, 0) is 17.9 Å². The molecule has 130 valence electrons. The third-order valence-electron chi connectivity index (χ3n) is 4.85. The molecule has 0 N–H and O–H groups in total. The second kappa shape index (κ2) is 7.64. The van der Waals surface area contributed by atoms with E-state index in [1.54, 1.807) is 10.9 Å². The SMILES string of the molecule is CCCCn1ccnc1[C@H]1CCCN(C(=O)Cn2nccc2C)C1.